The number of carbonyl (C=O) groups is 2. The first-order chi connectivity index (χ1) is 14.8. The van der Waals surface area contributed by atoms with Crippen molar-refractivity contribution >= 4 is 17.5 Å². The molecule has 3 unspecified atom stereocenters. The fourth-order valence-electron chi connectivity index (χ4n) is 3.25. The monoisotopic (exact) mass is 430 g/mol. The van der Waals surface area contributed by atoms with Crippen LogP contribution in [0.1, 0.15) is 42.7 Å². The van der Waals surface area contributed by atoms with Gasteiger partial charge in [-0.05, 0) is 69.0 Å². The Morgan fingerprint density at radius 2 is 2.03 bits per heavy atom. The van der Waals surface area contributed by atoms with Crippen molar-refractivity contribution < 1.29 is 18.7 Å². The van der Waals surface area contributed by atoms with Crippen molar-refractivity contribution in [2.45, 2.75) is 45.8 Å². The predicted molar refractivity (Wildman–Crippen MR) is 118 cm³/mol. The molecule has 1 aromatic heterocycles. The van der Waals surface area contributed by atoms with E-state index in [1.165, 1.54) is 18.3 Å². The van der Waals surface area contributed by atoms with Gasteiger partial charge in [0.25, 0.3) is 11.8 Å². The molecule has 4 N–H and O–H groups in total. The van der Waals surface area contributed by atoms with E-state index in [0.29, 0.717) is 25.2 Å². The molecule has 1 aromatic carbocycles. The molecule has 2 amide bonds. The normalized spacial score (nSPS) is 19.8. The number of nitrogens with two attached hydrogens (primary N) is 1. The van der Waals surface area contributed by atoms with Gasteiger partial charge in [0.1, 0.15) is 17.6 Å². The van der Waals surface area contributed by atoms with Gasteiger partial charge in [0, 0.05) is 18.4 Å². The summed E-state index contributed by atoms with van der Waals surface area (Å²) in [5.74, 6) is -0.466. The van der Waals surface area contributed by atoms with Gasteiger partial charge in [0.05, 0.1) is 6.10 Å². The quantitative estimate of drug-likeness (QED) is 0.611. The van der Waals surface area contributed by atoms with E-state index in [1.54, 1.807) is 18.2 Å². The molecule has 1 aliphatic rings. The first-order valence-corrected chi connectivity index (χ1v) is 10.4. The molecule has 1 fully saturated rings. The Kier molecular flexibility index (Phi) is 9.55. The van der Waals surface area contributed by atoms with Gasteiger partial charge in [0.15, 0.2) is 0 Å². The van der Waals surface area contributed by atoms with Crippen molar-refractivity contribution in [1.82, 2.24) is 10.3 Å². The number of benzene rings is 1. The van der Waals surface area contributed by atoms with Gasteiger partial charge in [-0.2, -0.15) is 0 Å². The maximum atomic E-state index is 12.3. The van der Waals surface area contributed by atoms with Crippen LogP contribution in [0.3, 0.4) is 0 Å². The smallest absolute Gasteiger partial charge is 0.269 e. The first-order valence-electron chi connectivity index (χ1n) is 10.4. The lowest BCUT2D eigenvalue weighted by Gasteiger charge is -2.15. The lowest BCUT2D eigenvalue weighted by atomic mass is 10.0. The Hall–Kier alpha value is -2.84. The largest absolute Gasteiger partial charge is 0.365 e. The fraction of sp³-hybridized carbons (Fsp3) is 0.435. The van der Waals surface area contributed by atoms with Crippen LogP contribution in [0.25, 0.3) is 0 Å². The third kappa shape index (κ3) is 8.07. The van der Waals surface area contributed by atoms with Crippen molar-refractivity contribution in [3.05, 3.63) is 59.7 Å². The van der Waals surface area contributed by atoms with Crippen LogP contribution in [0.4, 0.5) is 10.1 Å². The zero-order valence-corrected chi connectivity index (χ0v) is 18.2. The van der Waals surface area contributed by atoms with Crippen molar-refractivity contribution in [2.75, 3.05) is 18.4 Å². The van der Waals surface area contributed by atoms with E-state index < -0.39 is 6.10 Å². The van der Waals surface area contributed by atoms with E-state index in [1.807, 2.05) is 26.8 Å². The Morgan fingerprint density at radius 1 is 1.26 bits per heavy atom. The summed E-state index contributed by atoms with van der Waals surface area (Å²) in [5, 5.41) is 5.52. The average Bonchev–Trinajstić information content (AvgIpc) is 3.07. The van der Waals surface area contributed by atoms with E-state index in [4.69, 9.17) is 10.5 Å². The number of rotatable bonds is 6. The number of anilines is 1. The van der Waals surface area contributed by atoms with E-state index >= 15 is 0 Å². The molecule has 1 saturated heterocycles. The lowest BCUT2D eigenvalue weighted by molar-refractivity contribution is -0.127. The summed E-state index contributed by atoms with van der Waals surface area (Å²) in [5.41, 5.74) is 7.14. The molecule has 0 aliphatic carbocycles. The van der Waals surface area contributed by atoms with Crippen LogP contribution in [0.15, 0.2) is 42.6 Å². The number of ether oxygens (including phenoxy) is 1. The third-order valence-electron chi connectivity index (χ3n) is 4.76. The Balaban J connectivity index is 0.000000357. The second kappa shape index (κ2) is 12.1. The number of halogens is 1. The highest BCUT2D eigenvalue weighted by Gasteiger charge is 2.35. The summed E-state index contributed by atoms with van der Waals surface area (Å²) in [4.78, 5) is 28.3. The molecule has 1 aliphatic heterocycles. The maximum absolute atomic E-state index is 12.3. The molecule has 0 bridgehead atoms. The lowest BCUT2D eigenvalue weighted by Crippen LogP contribution is -2.32. The number of aromatic nitrogens is 1. The summed E-state index contributed by atoms with van der Waals surface area (Å²) in [6.07, 6.45) is 2.69. The van der Waals surface area contributed by atoms with Crippen molar-refractivity contribution in [1.29, 1.82) is 0 Å². The number of aryl methyl sites for hydroxylation is 1. The topological polar surface area (TPSA) is 106 Å². The van der Waals surface area contributed by atoms with Crippen LogP contribution in [-0.2, 0) is 9.53 Å². The SMILES string of the molecule is CC1CC(C)C(C(=O)Nc2ccnc(C(=O)NCCCN)c2)O1.Cc1cccc(F)c1. The van der Waals surface area contributed by atoms with Gasteiger partial charge < -0.3 is 21.1 Å². The van der Waals surface area contributed by atoms with Gasteiger partial charge in [-0.1, -0.05) is 19.1 Å². The Bertz CT molecular complexity index is 860. The van der Waals surface area contributed by atoms with Crippen LogP contribution in [0.5, 0.6) is 0 Å². The number of amides is 2. The third-order valence-corrected chi connectivity index (χ3v) is 4.76. The number of nitrogens with one attached hydrogen (secondary N) is 2. The van der Waals surface area contributed by atoms with E-state index in [0.717, 1.165) is 12.0 Å². The van der Waals surface area contributed by atoms with Gasteiger partial charge in [-0.15, -0.1) is 0 Å². The standard InChI is InChI=1S/C16H24N4O3.C7H7F/c1-10-8-11(2)23-14(10)16(22)20-12-4-7-18-13(9-12)15(21)19-6-3-5-17;1-6-3-2-4-7(8)5-6/h4,7,9-11,14H,3,5-6,8,17H2,1-2H3,(H,19,21)(H,18,20,22);2-5H,1H3. The summed E-state index contributed by atoms with van der Waals surface area (Å²) >= 11 is 0. The number of carbonyl (C=O) groups excluding carboxylic acids is 2. The molecule has 0 radical (unpaired) electrons. The van der Waals surface area contributed by atoms with Crippen molar-refractivity contribution in [2.24, 2.45) is 11.7 Å². The molecule has 3 atom stereocenters. The van der Waals surface area contributed by atoms with Gasteiger partial charge in [-0.25, -0.2) is 4.39 Å². The molecule has 168 valence electrons. The fourth-order valence-corrected chi connectivity index (χ4v) is 3.25. The summed E-state index contributed by atoms with van der Waals surface area (Å²) in [6, 6.07) is 9.71. The molecule has 3 rings (SSSR count). The molecule has 2 aromatic rings. The van der Waals surface area contributed by atoms with Crippen LogP contribution in [-0.4, -0.2) is 42.1 Å². The van der Waals surface area contributed by atoms with E-state index in [2.05, 4.69) is 15.6 Å². The zero-order chi connectivity index (χ0) is 22.8. The van der Waals surface area contributed by atoms with Gasteiger partial charge in [-0.3, -0.25) is 14.6 Å². The van der Waals surface area contributed by atoms with Crippen LogP contribution < -0.4 is 16.4 Å². The average molecular weight is 431 g/mol. The second-order valence-electron chi connectivity index (χ2n) is 7.70. The molecule has 8 heteroatoms. The molecule has 31 heavy (non-hydrogen) atoms. The number of hydrogen-bond donors (Lipinski definition) is 3. The highest BCUT2D eigenvalue weighted by atomic mass is 19.1. The number of hydrogen-bond acceptors (Lipinski definition) is 5. The predicted octanol–water partition coefficient (Wildman–Crippen LogP) is 3.05. The van der Waals surface area contributed by atoms with Crippen LogP contribution in [0.2, 0.25) is 0 Å². The summed E-state index contributed by atoms with van der Waals surface area (Å²) in [7, 11) is 0. The van der Waals surface area contributed by atoms with Crippen LogP contribution >= 0.6 is 0 Å². The molecule has 0 spiro atoms. The van der Waals surface area contributed by atoms with Gasteiger partial charge in [0.2, 0.25) is 0 Å². The second-order valence-corrected chi connectivity index (χ2v) is 7.70. The summed E-state index contributed by atoms with van der Waals surface area (Å²) in [6.45, 7) is 6.83. The van der Waals surface area contributed by atoms with Crippen LogP contribution in [0, 0.1) is 18.7 Å². The van der Waals surface area contributed by atoms with Gasteiger partial charge >= 0.3 is 0 Å². The molecule has 2 heterocycles. The molecule has 0 saturated carbocycles. The minimum Gasteiger partial charge on any atom is -0.365 e. The number of pyridine rings is 1. The Labute approximate surface area is 182 Å². The highest BCUT2D eigenvalue weighted by molar-refractivity contribution is 5.97. The number of nitrogens with zero attached hydrogens (tertiary/aromatic N) is 1. The zero-order valence-electron chi connectivity index (χ0n) is 18.2. The van der Waals surface area contributed by atoms with E-state index in [-0.39, 0.29) is 35.3 Å². The molecule has 7 nitrogen and oxygen atoms in total. The van der Waals surface area contributed by atoms with E-state index in [9.17, 15) is 14.0 Å². The van der Waals surface area contributed by atoms with Crippen molar-refractivity contribution in [3.63, 3.8) is 0 Å². The highest BCUT2D eigenvalue weighted by Crippen LogP contribution is 2.26. The minimum atomic E-state index is -0.458. The maximum Gasteiger partial charge on any atom is 0.269 e. The minimum absolute atomic E-state index is 0.0853. The van der Waals surface area contributed by atoms with Crippen molar-refractivity contribution in [3.8, 4) is 0 Å². The molecular formula is C23H31FN4O3. The first kappa shape index (κ1) is 24.4. The molecular weight excluding hydrogens is 399 g/mol. The Morgan fingerprint density at radius 3 is 2.61 bits per heavy atom. The summed E-state index contributed by atoms with van der Waals surface area (Å²) < 4.78 is 17.8.